The third-order valence-electron chi connectivity index (χ3n) is 4.23. The van der Waals surface area contributed by atoms with Crippen molar-refractivity contribution in [1.29, 1.82) is 0 Å². The van der Waals surface area contributed by atoms with Crippen molar-refractivity contribution >= 4 is 28.8 Å². The Hall–Kier alpha value is -2.18. The minimum Gasteiger partial charge on any atom is -0.337 e. The highest BCUT2D eigenvalue weighted by Gasteiger charge is 2.17. The maximum absolute atomic E-state index is 12.5. The van der Waals surface area contributed by atoms with E-state index in [2.05, 4.69) is 5.32 Å². The van der Waals surface area contributed by atoms with E-state index in [0.717, 1.165) is 21.7 Å². The summed E-state index contributed by atoms with van der Waals surface area (Å²) in [6.45, 7) is 7.59. The third-order valence-corrected chi connectivity index (χ3v) is 5.09. The summed E-state index contributed by atoms with van der Waals surface area (Å²) in [5.41, 5.74) is 2.92. The van der Waals surface area contributed by atoms with Gasteiger partial charge in [-0.15, -0.1) is 11.3 Å². The molecule has 1 aromatic heterocycles. The van der Waals surface area contributed by atoms with E-state index in [4.69, 9.17) is 0 Å². The molecule has 0 aliphatic rings. The maximum Gasteiger partial charge on any atom is 0.238 e. The number of amides is 2. The van der Waals surface area contributed by atoms with Crippen LogP contribution in [0.3, 0.4) is 0 Å². The second kappa shape index (κ2) is 9.50. The number of anilines is 1. The summed E-state index contributed by atoms with van der Waals surface area (Å²) in [6, 6.07) is 9.93. The molecule has 1 aromatic carbocycles. The number of aryl methyl sites for hydroxylation is 2. The average molecular weight is 374 g/mol. The first-order valence-electron chi connectivity index (χ1n) is 8.75. The molecule has 0 aliphatic carbocycles. The molecule has 0 unspecified atom stereocenters. The number of nitrogens with one attached hydrogen (secondary N) is 1. The van der Waals surface area contributed by atoms with Gasteiger partial charge >= 0.3 is 0 Å². The molecule has 0 saturated heterocycles. The average Bonchev–Trinajstić information content (AvgIpc) is 3.09. The van der Waals surface area contributed by atoms with Crippen molar-refractivity contribution in [1.82, 2.24) is 9.80 Å². The van der Waals surface area contributed by atoms with Crippen LogP contribution in [0.15, 0.2) is 35.7 Å². The number of hydrogen-bond acceptors (Lipinski definition) is 4. The van der Waals surface area contributed by atoms with Crippen LogP contribution >= 0.6 is 11.3 Å². The van der Waals surface area contributed by atoms with Gasteiger partial charge in [-0.05, 0) is 50.4 Å². The van der Waals surface area contributed by atoms with Crippen molar-refractivity contribution < 1.29 is 9.59 Å². The van der Waals surface area contributed by atoms with Gasteiger partial charge in [0, 0.05) is 17.1 Å². The van der Waals surface area contributed by atoms with Crippen LogP contribution in [0.5, 0.6) is 0 Å². The van der Waals surface area contributed by atoms with Crippen molar-refractivity contribution in [2.45, 2.75) is 27.3 Å². The predicted molar refractivity (Wildman–Crippen MR) is 107 cm³/mol. The Labute approximate surface area is 159 Å². The van der Waals surface area contributed by atoms with Crippen LogP contribution in [0.25, 0.3) is 0 Å². The molecule has 0 bridgehead atoms. The number of thiophene rings is 1. The zero-order valence-corrected chi connectivity index (χ0v) is 16.7. The highest BCUT2D eigenvalue weighted by molar-refractivity contribution is 7.09. The minimum atomic E-state index is -0.112. The molecule has 2 aromatic rings. The van der Waals surface area contributed by atoms with Gasteiger partial charge in [-0.25, -0.2) is 0 Å². The van der Waals surface area contributed by atoms with Crippen molar-refractivity contribution in [3.63, 3.8) is 0 Å². The van der Waals surface area contributed by atoms with E-state index < -0.39 is 0 Å². The van der Waals surface area contributed by atoms with Crippen LogP contribution in [0, 0.1) is 13.8 Å². The van der Waals surface area contributed by atoms with E-state index in [-0.39, 0.29) is 24.9 Å². The summed E-state index contributed by atoms with van der Waals surface area (Å²) in [4.78, 5) is 29.6. The molecule has 2 rings (SSSR count). The SMILES string of the molecule is CCN(Cc1cccs1)C(=O)CN(C)CC(=O)Nc1c(C)cccc1C. The fourth-order valence-electron chi connectivity index (χ4n) is 2.79. The Bertz CT molecular complexity index is 723. The number of rotatable bonds is 8. The maximum atomic E-state index is 12.5. The summed E-state index contributed by atoms with van der Waals surface area (Å²) in [6.07, 6.45) is 0. The molecule has 0 spiro atoms. The van der Waals surface area contributed by atoms with Crippen LogP contribution in [0.1, 0.15) is 22.9 Å². The molecule has 0 aliphatic heterocycles. The lowest BCUT2D eigenvalue weighted by Gasteiger charge is -2.24. The smallest absolute Gasteiger partial charge is 0.238 e. The molecule has 140 valence electrons. The quantitative estimate of drug-likeness (QED) is 0.773. The number of likely N-dealkylation sites (N-methyl/N-ethyl adjacent to an activating group) is 2. The first kappa shape index (κ1) is 20.1. The van der Waals surface area contributed by atoms with Crippen molar-refractivity contribution in [3.05, 3.63) is 51.7 Å². The van der Waals surface area contributed by atoms with Crippen LogP contribution in [-0.2, 0) is 16.1 Å². The van der Waals surface area contributed by atoms with Gasteiger partial charge in [0.15, 0.2) is 0 Å². The molecule has 1 N–H and O–H groups in total. The third kappa shape index (κ3) is 5.68. The number of para-hydroxylation sites is 1. The van der Waals surface area contributed by atoms with Gasteiger partial charge in [-0.2, -0.15) is 0 Å². The van der Waals surface area contributed by atoms with Crippen molar-refractivity contribution in [2.75, 3.05) is 32.0 Å². The Morgan fingerprint density at radius 2 is 1.77 bits per heavy atom. The molecule has 2 amide bonds. The van der Waals surface area contributed by atoms with Gasteiger partial charge in [0.05, 0.1) is 19.6 Å². The zero-order chi connectivity index (χ0) is 19.1. The van der Waals surface area contributed by atoms with E-state index in [1.807, 2.05) is 61.4 Å². The van der Waals surface area contributed by atoms with Gasteiger partial charge < -0.3 is 10.2 Å². The Balaban J connectivity index is 1.87. The summed E-state index contributed by atoms with van der Waals surface area (Å²) >= 11 is 1.65. The second-order valence-electron chi connectivity index (χ2n) is 6.47. The van der Waals surface area contributed by atoms with Crippen LogP contribution in [0.4, 0.5) is 5.69 Å². The molecule has 1 heterocycles. The van der Waals surface area contributed by atoms with Gasteiger partial charge in [0.2, 0.25) is 11.8 Å². The second-order valence-corrected chi connectivity index (χ2v) is 7.51. The van der Waals surface area contributed by atoms with Gasteiger partial charge in [-0.1, -0.05) is 24.3 Å². The molecule has 6 heteroatoms. The Morgan fingerprint density at radius 3 is 2.35 bits per heavy atom. The van der Waals surface area contributed by atoms with Crippen LogP contribution in [-0.4, -0.2) is 48.3 Å². The predicted octanol–water partition coefficient (Wildman–Crippen LogP) is 3.28. The normalized spacial score (nSPS) is 10.8. The fourth-order valence-corrected chi connectivity index (χ4v) is 3.51. The van der Waals surface area contributed by atoms with Crippen molar-refractivity contribution in [3.8, 4) is 0 Å². The van der Waals surface area contributed by atoms with E-state index in [1.54, 1.807) is 23.3 Å². The highest BCUT2D eigenvalue weighted by atomic mass is 32.1. The molecule has 0 radical (unpaired) electrons. The van der Waals surface area contributed by atoms with Gasteiger partial charge in [0.25, 0.3) is 0 Å². The number of carbonyl (C=O) groups excluding carboxylic acids is 2. The van der Waals surface area contributed by atoms with Crippen LogP contribution in [0.2, 0.25) is 0 Å². The number of nitrogens with zero attached hydrogens (tertiary/aromatic N) is 2. The van der Waals surface area contributed by atoms with E-state index in [9.17, 15) is 9.59 Å². The largest absolute Gasteiger partial charge is 0.337 e. The molecule has 5 nitrogen and oxygen atoms in total. The molecule has 0 saturated carbocycles. The first-order chi connectivity index (χ1) is 12.4. The standard InChI is InChI=1S/C20H27N3O2S/c1-5-23(12-17-10-7-11-26-17)19(25)14-22(4)13-18(24)21-20-15(2)8-6-9-16(20)3/h6-11H,5,12-14H2,1-4H3,(H,21,24). The number of hydrogen-bond donors (Lipinski definition) is 1. The molecule has 26 heavy (non-hydrogen) atoms. The number of carbonyl (C=O) groups is 2. The van der Waals surface area contributed by atoms with E-state index >= 15 is 0 Å². The minimum absolute atomic E-state index is 0.0308. The molecular formula is C20H27N3O2S. The summed E-state index contributed by atoms with van der Waals surface area (Å²) in [5, 5.41) is 4.97. The topological polar surface area (TPSA) is 52.7 Å². The highest BCUT2D eigenvalue weighted by Crippen LogP contribution is 2.19. The van der Waals surface area contributed by atoms with E-state index in [1.165, 1.54) is 0 Å². The van der Waals surface area contributed by atoms with Gasteiger partial charge in [0.1, 0.15) is 0 Å². The molecule has 0 fully saturated rings. The summed E-state index contributed by atoms with van der Waals surface area (Å²) in [7, 11) is 1.79. The molecule has 0 atom stereocenters. The van der Waals surface area contributed by atoms with Gasteiger partial charge in [-0.3, -0.25) is 14.5 Å². The van der Waals surface area contributed by atoms with E-state index in [0.29, 0.717) is 13.1 Å². The monoisotopic (exact) mass is 373 g/mol. The Morgan fingerprint density at radius 1 is 1.08 bits per heavy atom. The first-order valence-corrected chi connectivity index (χ1v) is 9.63. The van der Waals surface area contributed by atoms with Crippen molar-refractivity contribution in [2.24, 2.45) is 0 Å². The lowest BCUT2D eigenvalue weighted by atomic mass is 10.1. The summed E-state index contributed by atoms with van der Waals surface area (Å²) < 4.78 is 0. The Kier molecular flexibility index (Phi) is 7.36. The lowest BCUT2D eigenvalue weighted by molar-refractivity contribution is -0.132. The zero-order valence-electron chi connectivity index (χ0n) is 15.9. The van der Waals surface area contributed by atoms with Crippen LogP contribution < -0.4 is 5.32 Å². The lowest BCUT2D eigenvalue weighted by Crippen LogP contribution is -2.41. The molecular weight excluding hydrogens is 346 g/mol. The fraction of sp³-hybridized carbons (Fsp3) is 0.400. The number of benzene rings is 1. The summed E-state index contributed by atoms with van der Waals surface area (Å²) in [5.74, 6) is -0.0812.